The Balaban J connectivity index is 1.92. The smallest absolute Gasteiger partial charge is 0.243 e. The molecule has 3 rings (SSSR count). The third-order valence-corrected chi connectivity index (χ3v) is 6.56. The summed E-state index contributed by atoms with van der Waals surface area (Å²) in [7, 11) is -3.51. The largest absolute Gasteiger partial charge is 0.314 e. The molecule has 2 saturated heterocycles. The number of nitriles is 1. The van der Waals surface area contributed by atoms with Crippen molar-refractivity contribution in [2.24, 2.45) is 5.92 Å². The molecular formula is C15H19N3O2S. The molecule has 5 nitrogen and oxygen atoms in total. The van der Waals surface area contributed by atoms with Crippen molar-refractivity contribution >= 4 is 10.0 Å². The molecule has 1 aromatic carbocycles. The molecule has 2 atom stereocenters. The van der Waals surface area contributed by atoms with Gasteiger partial charge in [0.1, 0.15) is 0 Å². The van der Waals surface area contributed by atoms with Crippen LogP contribution in [0.3, 0.4) is 0 Å². The van der Waals surface area contributed by atoms with Crippen molar-refractivity contribution in [2.75, 3.05) is 19.6 Å². The number of benzene rings is 1. The summed E-state index contributed by atoms with van der Waals surface area (Å²) in [6, 6.07) is 7.32. The predicted molar refractivity (Wildman–Crippen MR) is 79.2 cm³/mol. The second kappa shape index (κ2) is 5.41. The summed E-state index contributed by atoms with van der Waals surface area (Å²) in [5.74, 6) is 0.410. The van der Waals surface area contributed by atoms with Crippen LogP contribution < -0.4 is 5.32 Å². The highest BCUT2D eigenvalue weighted by Crippen LogP contribution is 2.29. The topological polar surface area (TPSA) is 73.2 Å². The van der Waals surface area contributed by atoms with E-state index < -0.39 is 10.0 Å². The summed E-state index contributed by atoms with van der Waals surface area (Å²) in [6.07, 6.45) is 1.90. The summed E-state index contributed by atoms with van der Waals surface area (Å²) in [6.45, 7) is 3.88. The first-order valence-corrected chi connectivity index (χ1v) is 8.70. The number of rotatable bonds is 2. The van der Waals surface area contributed by atoms with Gasteiger partial charge in [0.05, 0.1) is 16.5 Å². The number of hydrogen-bond acceptors (Lipinski definition) is 4. The first-order chi connectivity index (χ1) is 10.0. The lowest BCUT2D eigenvalue weighted by molar-refractivity contribution is 0.247. The molecule has 0 aliphatic carbocycles. The van der Waals surface area contributed by atoms with Gasteiger partial charge in [-0.15, -0.1) is 0 Å². The van der Waals surface area contributed by atoms with Gasteiger partial charge >= 0.3 is 0 Å². The quantitative estimate of drug-likeness (QED) is 0.892. The minimum Gasteiger partial charge on any atom is -0.314 e. The van der Waals surface area contributed by atoms with Crippen LogP contribution in [0.15, 0.2) is 23.1 Å². The lowest BCUT2D eigenvalue weighted by Gasteiger charge is -2.34. The molecule has 2 heterocycles. The van der Waals surface area contributed by atoms with Gasteiger partial charge in [-0.3, -0.25) is 0 Å². The number of fused-ring (bicyclic) bond motifs is 1. The number of nitrogens with zero attached hydrogens (tertiary/aromatic N) is 2. The summed E-state index contributed by atoms with van der Waals surface area (Å²) in [5, 5.41) is 12.4. The number of nitrogens with one attached hydrogen (secondary N) is 1. The maximum Gasteiger partial charge on any atom is 0.243 e. The van der Waals surface area contributed by atoms with Gasteiger partial charge in [-0.2, -0.15) is 9.57 Å². The predicted octanol–water partition coefficient (Wildman–Crippen LogP) is 1.24. The second-order valence-corrected chi connectivity index (χ2v) is 7.76. The molecule has 6 heteroatoms. The van der Waals surface area contributed by atoms with Crippen LogP contribution in [0.1, 0.15) is 24.0 Å². The highest BCUT2D eigenvalue weighted by molar-refractivity contribution is 7.89. The van der Waals surface area contributed by atoms with E-state index in [1.54, 1.807) is 23.4 Å². The Morgan fingerprint density at radius 3 is 2.95 bits per heavy atom. The summed E-state index contributed by atoms with van der Waals surface area (Å²) in [5.41, 5.74) is 1.08. The Labute approximate surface area is 125 Å². The van der Waals surface area contributed by atoms with Crippen LogP contribution in [0.2, 0.25) is 0 Å². The van der Waals surface area contributed by atoms with Crippen molar-refractivity contribution < 1.29 is 8.42 Å². The second-order valence-electron chi connectivity index (χ2n) is 5.85. The van der Waals surface area contributed by atoms with Crippen LogP contribution in [0, 0.1) is 24.2 Å². The van der Waals surface area contributed by atoms with E-state index in [1.165, 1.54) is 6.07 Å². The van der Waals surface area contributed by atoms with Gasteiger partial charge < -0.3 is 5.32 Å². The molecule has 0 amide bonds. The first-order valence-electron chi connectivity index (χ1n) is 7.26. The Morgan fingerprint density at radius 2 is 2.19 bits per heavy atom. The van der Waals surface area contributed by atoms with Crippen molar-refractivity contribution in [2.45, 2.75) is 30.7 Å². The molecule has 0 aromatic heterocycles. The lowest BCUT2D eigenvalue weighted by atomic mass is 9.95. The van der Waals surface area contributed by atoms with Crippen molar-refractivity contribution in [1.82, 2.24) is 9.62 Å². The lowest BCUT2D eigenvalue weighted by Crippen LogP contribution is -2.46. The van der Waals surface area contributed by atoms with Gasteiger partial charge in [0.25, 0.3) is 0 Å². The first kappa shape index (κ1) is 14.5. The molecule has 2 aliphatic rings. The normalized spacial score (nSPS) is 26.3. The number of hydrogen-bond donors (Lipinski definition) is 1. The Morgan fingerprint density at radius 1 is 1.38 bits per heavy atom. The third kappa shape index (κ3) is 2.57. The van der Waals surface area contributed by atoms with Crippen LogP contribution in [0.4, 0.5) is 0 Å². The van der Waals surface area contributed by atoms with Crippen molar-refractivity contribution in [3.05, 3.63) is 29.3 Å². The number of aryl methyl sites for hydroxylation is 1. The molecular weight excluding hydrogens is 286 g/mol. The highest BCUT2D eigenvalue weighted by atomic mass is 32.2. The zero-order chi connectivity index (χ0) is 15.0. The molecule has 2 unspecified atom stereocenters. The molecule has 0 spiro atoms. The minimum absolute atomic E-state index is 0.269. The van der Waals surface area contributed by atoms with E-state index in [-0.39, 0.29) is 4.90 Å². The SMILES string of the molecule is Cc1ccc(C#N)cc1S(=O)(=O)N1CCC2NCCC2C1. The summed E-state index contributed by atoms with van der Waals surface area (Å²) < 4.78 is 27.3. The highest BCUT2D eigenvalue weighted by Gasteiger charge is 2.38. The monoisotopic (exact) mass is 305 g/mol. The van der Waals surface area contributed by atoms with Crippen molar-refractivity contribution in [1.29, 1.82) is 5.26 Å². The minimum atomic E-state index is -3.51. The average molecular weight is 305 g/mol. The molecule has 0 radical (unpaired) electrons. The molecule has 2 fully saturated rings. The van der Waals surface area contributed by atoms with Gasteiger partial charge in [0.2, 0.25) is 10.0 Å². The fourth-order valence-electron chi connectivity index (χ4n) is 3.32. The van der Waals surface area contributed by atoms with E-state index in [9.17, 15) is 8.42 Å². The van der Waals surface area contributed by atoms with Crippen LogP contribution >= 0.6 is 0 Å². The molecule has 1 N–H and O–H groups in total. The Hall–Kier alpha value is -1.42. The summed E-state index contributed by atoms with van der Waals surface area (Å²) >= 11 is 0. The zero-order valence-corrected chi connectivity index (χ0v) is 12.9. The van der Waals surface area contributed by atoms with Gasteiger partial charge in [-0.05, 0) is 49.9 Å². The average Bonchev–Trinajstić information content (AvgIpc) is 2.95. The van der Waals surface area contributed by atoms with E-state index in [0.717, 1.165) is 19.4 Å². The number of piperidine rings is 1. The van der Waals surface area contributed by atoms with E-state index in [2.05, 4.69) is 5.32 Å². The fourth-order valence-corrected chi connectivity index (χ4v) is 5.08. The van der Waals surface area contributed by atoms with Crippen LogP contribution in [-0.4, -0.2) is 38.4 Å². The molecule has 21 heavy (non-hydrogen) atoms. The maximum absolute atomic E-state index is 12.9. The third-order valence-electron chi connectivity index (χ3n) is 4.55. The van der Waals surface area contributed by atoms with E-state index in [0.29, 0.717) is 36.2 Å². The molecule has 0 bridgehead atoms. The van der Waals surface area contributed by atoms with Gasteiger partial charge in [0.15, 0.2) is 0 Å². The summed E-state index contributed by atoms with van der Waals surface area (Å²) in [4.78, 5) is 0.269. The van der Waals surface area contributed by atoms with E-state index in [1.807, 2.05) is 6.07 Å². The van der Waals surface area contributed by atoms with Crippen LogP contribution in [0.5, 0.6) is 0 Å². The fraction of sp³-hybridized carbons (Fsp3) is 0.533. The van der Waals surface area contributed by atoms with Crippen LogP contribution in [0.25, 0.3) is 0 Å². The maximum atomic E-state index is 12.9. The van der Waals surface area contributed by atoms with Crippen molar-refractivity contribution in [3.63, 3.8) is 0 Å². The van der Waals surface area contributed by atoms with Gasteiger partial charge in [0, 0.05) is 19.1 Å². The van der Waals surface area contributed by atoms with Gasteiger partial charge in [-0.25, -0.2) is 8.42 Å². The van der Waals surface area contributed by atoms with E-state index >= 15 is 0 Å². The Bertz CT molecular complexity index is 693. The molecule has 1 aromatic rings. The van der Waals surface area contributed by atoms with Crippen molar-refractivity contribution in [3.8, 4) is 6.07 Å². The zero-order valence-electron chi connectivity index (χ0n) is 12.0. The molecule has 2 aliphatic heterocycles. The molecule has 112 valence electrons. The Kier molecular flexibility index (Phi) is 3.74. The van der Waals surface area contributed by atoms with Crippen LogP contribution in [-0.2, 0) is 10.0 Å². The standard InChI is InChI=1S/C15H19N3O2S/c1-11-2-3-12(9-16)8-15(11)21(19,20)18-7-5-14-13(10-18)4-6-17-14/h2-3,8,13-14,17H,4-7,10H2,1H3. The molecule has 0 saturated carbocycles. The number of sulfonamides is 1. The van der Waals surface area contributed by atoms with Gasteiger partial charge in [-0.1, -0.05) is 6.07 Å². The van der Waals surface area contributed by atoms with E-state index in [4.69, 9.17) is 5.26 Å².